The molecule has 0 unspecified atom stereocenters. The van der Waals surface area contributed by atoms with E-state index in [1.54, 1.807) is 19.1 Å². The zero-order valence-corrected chi connectivity index (χ0v) is 9.28. The Morgan fingerprint density at radius 2 is 1.81 bits per heavy atom. The van der Waals surface area contributed by atoms with Gasteiger partial charge in [0.05, 0.1) is 12.0 Å². The Kier molecular flexibility index (Phi) is 3.66. The quantitative estimate of drug-likeness (QED) is 0.764. The molecule has 0 aliphatic carbocycles. The number of aliphatic carboxylic acids is 1. The minimum atomic E-state index is -1.02. The number of phenols is 1. The fraction of sp³-hybridized carbons (Fsp3) is 0.333. The van der Waals surface area contributed by atoms with Crippen molar-refractivity contribution < 1.29 is 19.8 Å². The van der Waals surface area contributed by atoms with Gasteiger partial charge in [-0.1, -0.05) is 6.07 Å². The van der Waals surface area contributed by atoms with Crippen LogP contribution in [0, 0.1) is 13.8 Å². The highest BCUT2D eigenvalue weighted by Crippen LogP contribution is 2.25. The molecule has 0 radical (unpaired) electrons. The molecule has 4 heteroatoms. The normalized spacial score (nSPS) is 10.1. The van der Waals surface area contributed by atoms with Crippen molar-refractivity contribution >= 4 is 11.8 Å². The summed E-state index contributed by atoms with van der Waals surface area (Å²) in [5.74, 6) is -1.41. The van der Waals surface area contributed by atoms with Crippen molar-refractivity contribution in [2.45, 2.75) is 26.7 Å². The second-order valence-electron chi connectivity index (χ2n) is 3.79. The Morgan fingerprint density at radius 3 is 2.38 bits per heavy atom. The van der Waals surface area contributed by atoms with Gasteiger partial charge in [0.15, 0.2) is 5.78 Å². The summed E-state index contributed by atoms with van der Waals surface area (Å²) in [5, 5.41) is 18.2. The molecule has 0 aliphatic rings. The summed E-state index contributed by atoms with van der Waals surface area (Å²) >= 11 is 0. The molecule has 1 aromatic carbocycles. The van der Waals surface area contributed by atoms with Crippen LogP contribution in [-0.2, 0) is 4.79 Å². The lowest BCUT2D eigenvalue weighted by Gasteiger charge is -2.07. The number of carbonyl (C=O) groups excluding carboxylic acids is 1. The Hall–Kier alpha value is -1.84. The van der Waals surface area contributed by atoms with Crippen LogP contribution in [0.4, 0.5) is 0 Å². The number of phenolic OH excluding ortho intramolecular Hbond substituents is 1. The van der Waals surface area contributed by atoms with E-state index in [-0.39, 0.29) is 29.9 Å². The maximum atomic E-state index is 11.7. The third-order valence-electron chi connectivity index (χ3n) is 2.31. The minimum Gasteiger partial charge on any atom is -0.507 e. The third kappa shape index (κ3) is 2.82. The number of carboxylic acid groups (broad SMARTS) is 1. The van der Waals surface area contributed by atoms with E-state index in [1.165, 1.54) is 0 Å². The van der Waals surface area contributed by atoms with Gasteiger partial charge in [-0.3, -0.25) is 9.59 Å². The topological polar surface area (TPSA) is 74.6 Å². The van der Waals surface area contributed by atoms with Gasteiger partial charge in [-0.2, -0.15) is 0 Å². The molecule has 0 aliphatic heterocycles. The van der Waals surface area contributed by atoms with Crippen molar-refractivity contribution in [2.24, 2.45) is 0 Å². The Balaban J connectivity index is 2.95. The molecule has 0 amide bonds. The van der Waals surface area contributed by atoms with E-state index in [4.69, 9.17) is 5.11 Å². The number of aryl methyl sites for hydroxylation is 2. The fourth-order valence-corrected chi connectivity index (χ4v) is 1.53. The average molecular weight is 222 g/mol. The van der Waals surface area contributed by atoms with Crippen molar-refractivity contribution in [1.82, 2.24) is 0 Å². The summed E-state index contributed by atoms with van der Waals surface area (Å²) < 4.78 is 0. The Morgan fingerprint density at radius 1 is 1.19 bits per heavy atom. The van der Waals surface area contributed by atoms with Crippen molar-refractivity contribution in [1.29, 1.82) is 0 Å². The van der Waals surface area contributed by atoms with E-state index in [9.17, 15) is 14.7 Å². The first-order valence-corrected chi connectivity index (χ1v) is 4.97. The lowest BCUT2D eigenvalue weighted by atomic mass is 10.00. The highest BCUT2D eigenvalue weighted by atomic mass is 16.4. The SMILES string of the molecule is Cc1cc(C)c(O)c(C(=O)CCC(=O)O)c1. The number of ketones is 1. The molecule has 0 saturated carbocycles. The highest BCUT2D eigenvalue weighted by molar-refractivity contribution is 6.00. The van der Waals surface area contributed by atoms with Crippen molar-refractivity contribution in [3.8, 4) is 5.75 Å². The van der Waals surface area contributed by atoms with Crippen LogP contribution in [0.1, 0.15) is 34.3 Å². The number of carbonyl (C=O) groups is 2. The molecular weight excluding hydrogens is 208 g/mol. The largest absolute Gasteiger partial charge is 0.507 e. The smallest absolute Gasteiger partial charge is 0.303 e. The van der Waals surface area contributed by atoms with Gasteiger partial charge in [0, 0.05) is 6.42 Å². The third-order valence-corrected chi connectivity index (χ3v) is 2.31. The summed E-state index contributed by atoms with van der Waals surface area (Å²) in [6.45, 7) is 3.52. The number of Topliss-reactive ketones (excluding diaryl/α,β-unsaturated/α-hetero) is 1. The minimum absolute atomic E-state index is 0.0546. The molecule has 0 spiro atoms. The van der Waals surface area contributed by atoms with Gasteiger partial charge in [0.2, 0.25) is 0 Å². The van der Waals surface area contributed by atoms with Crippen LogP contribution in [-0.4, -0.2) is 22.0 Å². The molecule has 4 nitrogen and oxygen atoms in total. The molecule has 0 saturated heterocycles. The zero-order chi connectivity index (χ0) is 12.3. The van der Waals surface area contributed by atoms with Crippen LogP contribution in [0.15, 0.2) is 12.1 Å². The Labute approximate surface area is 93.5 Å². The van der Waals surface area contributed by atoms with Gasteiger partial charge < -0.3 is 10.2 Å². The molecule has 0 atom stereocenters. The molecule has 2 N–H and O–H groups in total. The second-order valence-corrected chi connectivity index (χ2v) is 3.79. The predicted molar refractivity (Wildman–Crippen MR) is 58.8 cm³/mol. The summed E-state index contributed by atoms with van der Waals surface area (Å²) in [7, 11) is 0. The summed E-state index contributed by atoms with van der Waals surface area (Å²) in [4.78, 5) is 22.0. The van der Waals surface area contributed by atoms with Gasteiger partial charge in [0.1, 0.15) is 5.75 Å². The van der Waals surface area contributed by atoms with Crippen LogP contribution in [0.25, 0.3) is 0 Å². The summed E-state index contributed by atoms with van der Waals surface area (Å²) in [6.07, 6.45) is -0.308. The number of hydrogen-bond donors (Lipinski definition) is 2. The van der Waals surface area contributed by atoms with Gasteiger partial charge in [-0.25, -0.2) is 0 Å². The van der Waals surface area contributed by atoms with E-state index >= 15 is 0 Å². The van der Waals surface area contributed by atoms with E-state index < -0.39 is 5.97 Å². The lowest BCUT2D eigenvalue weighted by Crippen LogP contribution is -2.05. The molecule has 1 rings (SSSR count). The number of rotatable bonds is 4. The Bertz CT molecular complexity index is 435. The number of aromatic hydroxyl groups is 1. The molecule has 86 valence electrons. The van der Waals surface area contributed by atoms with E-state index in [1.807, 2.05) is 6.92 Å². The molecule has 0 fully saturated rings. The molecule has 0 aromatic heterocycles. The zero-order valence-electron chi connectivity index (χ0n) is 9.28. The van der Waals surface area contributed by atoms with Crippen LogP contribution >= 0.6 is 0 Å². The van der Waals surface area contributed by atoms with Crippen LogP contribution < -0.4 is 0 Å². The van der Waals surface area contributed by atoms with E-state index in [2.05, 4.69) is 0 Å². The number of benzene rings is 1. The predicted octanol–water partition coefficient (Wildman–Crippen LogP) is 2.06. The fourth-order valence-electron chi connectivity index (χ4n) is 1.53. The molecular formula is C12H14O4. The van der Waals surface area contributed by atoms with E-state index in [0.29, 0.717) is 5.56 Å². The molecule has 1 aromatic rings. The number of hydrogen-bond acceptors (Lipinski definition) is 3. The van der Waals surface area contributed by atoms with Crippen molar-refractivity contribution in [2.75, 3.05) is 0 Å². The maximum Gasteiger partial charge on any atom is 0.303 e. The van der Waals surface area contributed by atoms with Crippen LogP contribution in [0.2, 0.25) is 0 Å². The van der Waals surface area contributed by atoms with Crippen LogP contribution in [0.5, 0.6) is 5.75 Å². The monoisotopic (exact) mass is 222 g/mol. The molecule has 0 bridgehead atoms. The van der Waals surface area contributed by atoms with Crippen molar-refractivity contribution in [3.63, 3.8) is 0 Å². The first kappa shape index (κ1) is 12.2. The molecule has 16 heavy (non-hydrogen) atoms. The van der Waals surface area contributed by atoms with Crippen molar-refractivity contribution in [3.05, 3.63) is 28.8 Å². The standard InChI is InChI=1S/C12H14O4/c1-7-5-8(2)12(16)9(6-7)10(13)3-4-11(14)15/h5-6,16H,3-4H2,1-2H3,(H,14,15). The second kappa shape index (κ2) is 4.79. The molecule has 0 heterocycles. The first-order valence-electron chi connectivity index (χ1n) is 4.97. The average Bonchev–Trinajstić information content (AvgIpc) is 2.19. The van der Waals surface area contributed by atoms with Gasteiger partial charge in [-0.05, 0) is 31.0 Å². The van der Waals surface area contributed by atoms with Gasteiger partial charge in [0.25, 0.3) is 0 Å². The lowest BCUT2D eigenvalue weighted by molar-refractivity contribution is -0.136. The number of carboxylic acids is 1. The maximum absolute atomic E-state index is 11.7. The van der Waals surface area contributed by atoms with Crippen LogP contribution in [0.3, 0.4) is 0 Å². The van der Waals surface area contributed by atoms with Gasteiger partial charge >= 0.3 is 5.97 Å². The summed E-state index contributed by atoms with van der Waals surface area (Å²) in [6, 6.07) is 3.34. The first-order chi connectivity index (χ1) is 7.41. The van der Waals surface area contributed by atoms with Gasteiger partial charge in [-0.15, -0.1) is 0 Å². The highest BCUT2D eigenvalue weighted by Gasteiger charge is 2.14. The van der Waals surface area contributed by atoms with E-state index in [0.717, 1.165) is 5.56 Å². The summed E-state index contributed by atoms with van der Waals surface area (Å²) in [5.41, 5.74) is 1.70.